The number of ether oxygens (including phenoxy) is 1. The first-order valence-corrected chi connectivity index (χ1v) is 6.21. The SMILES string of the molecule is FC(F)(F)COCCCC(Cl)C1CCCC1. The zero-order valence-corrected chi connectivity index (χ0v) is 9.99. The minimum absolute atomic E-state index is 0.108. The Kier molecular flexibility index (Phi) is 5.90. The van der Waals surface area contributed by atoms with Crippen molar-refractivity contribution in [1.82, 2.24) is 0 Å². The normalized spacial score (nSPS) is 20.2. The molecule has 1 aliphatic rings. The van der Waals surface area contributed by atoms with E-state index in [2.05, 4.69) is 4.74 Å². The summed E-state index contributed by atoms with van der Waals surface area (Å²) in [6.45, 7) is -1.00. The molecule has 1 aliphatic carbocycles. The standard InChI is InChI=1S/C11H18ClF3O/c12-10(9-4-1-2-5-9)6-3-7-16-8-11(13,14)15/h9-10H,1-8H2. The zero-order chi connectivity index (χ0) is 12.0. The molecule has 1 rings (SSSR count). The molecule has 0 N–H and O–H groups in total. The van der Waals surface area contributed by atoms with Crippen LogP contribution in [-0.4, -0.2) is 24.8 Å². The molecule has 1 saturated carbocycles. The summed E-state index contributed by atoms with van der Waals surface area (Å²) in [7, 11) is 0. The maximum Gasteiger partial charge on any atom is 0.411 e. The second-order valence-corrected chi connectivity index (χ2v) is 4.93. The van der Waals surface area contributed by atoms with Gasteiger partial charge in [0, 0.05) is 12.0 Å². The fraction of sp³-hybridized carbons (Fsp3) is 1.00. The predicted octanol–water partition coefficient (Wildman–Crippen LogP) is 4.14. The molecule has 0 aliphatic heterocycles. The summed E-state index contributed by atoms with van der Waals surface area (Å²) in [4.78, 5) is 0. The van der Waals surface area contributed by atoms with Crippen LogP contribution in [0.15, 0.2) is 0 Å². The molecule has 1 unspecified atom stereocenters. The second kappa shape index (κ2) is 6.70. The minimum atomic E-state index is -4.22. The predicted molar refractivity (Wildman–Crippen MR) is 57.7 cm³/mol. The van der Waals surface area contributed by atoms with Gasteiger partial charge in [0.25, 0.3) is 0 Å². The summed E-state index contributed by atoms with van der Waals surface area (Å²) < 4.78 is 39.7. The van der Waals surface area contributed by atoms with E-state index < -0.39 is 12.8 Å². The van der Waals surface area contributed by atoms with Crippen LogP contribution in [0, 0.1) is 5.92 Å². The quantitative estimate of drug-likeness (QED) is 0.514. The first kappa shape index (κ1) is 14.1. The Morgan fingerprint density at radius 1 is 1.25 bits per heavy atom. The van der Waals surface area contributed by atoms with E-state index in [0.717, 1.165) is 19.3 Å². The molecule has 0 aromatic carbocycles. The van der Waals surface area contributed by atoms with Gasteiger partial charge in [-0.25, -0.2) is 0 Å². The van der Waals surface area contributed by atoms with Crippen LogP contribution in [0.25, 0.3) is 0 Å². The van der Waals surface area contributed by atoms with Gasteiger partial charge in [0.05, 0.1) is 0 Å². The van der Waals surface area contributed by atoms with Crippen LogP contribution in [0.5, 0.6) is 0 Å². The van der Waals surface area contributed by atoms with Gasteiger partial charge >= 0.3 is 6.18 Å². The van der Waals surface area contributed by atoms with Crippen LogP contribution >= 0.6 is 11.6 Å². The third kappa shape index (κ3) is 5.94. The fourth-order valence-corrected chi connectivity index (χ4v) is 2.53. The Hall–Kier alpha value is 0.0400. The van der Waals surface area contributed by atoms with E-state index in [1.165, 1.54) is 12.8 Å². The topological polar surface area (TPSA) is 9.23 Å². The summed E-state index contributed by atoms with van der Waals surface area (Å²) in [6.07, 6.45) is 1.95. The molecular formula is C11H18ClF3O. The zero-order valence-electron chi connectivity index (χ0n) is 9.23. The van der Waals surface area contributed by atoms with Crippen LogP contribution in [-0.2, 0) is 4.74 Å². The lowest BCUT2D eigenvalue weighted by Crippen LogP contribution is -2.18. The van der Waals surface area contributed by atoms with Gasteiger partial charge in [-0.1, -0.05) is 12.8 Å². The molecule has 0 aromatic rings. The van der Waals surface area contributed by atoms with Crippen molar-refractivity contribution in [3.8, 4) is 0 Å². The van der Waals surface area contributed by atoms with Crippen molar-refractivity contribution in [1.29, 1.82) is 0 Å². The van der Waals surface area contributed by atoms with Crippen molar-refractivity contribution in [2.45, 2.75) is 50.1 Å². The lowest BCUT2D eigenvalue weighted by molar-refractivity contribution is -0.174. The van der Waals surface area contributed by atoms with Gasteiger partial charge in [-0.3, -0.25) is 0 Å². The maximum absolute atomic E-state index is 11.7. The summed E-state index contributed by atoms with van der Waals surface area (Å²) in [5.74, 6) is 0.560. The average molecular weight is 259 g/mol. The first-order valence-electron chi connectivity index (χ1n) is 5.77. The third-order valence-electron chi connectivity index (χ3n) is 2.95. The lowest BCUT2D eigenvalue weighted by atomic mass is 10.0. The number of rotatable bonds is 6. The summed E-state index contributed by atoms with van der Waals surface area (Å²) in [5.41, 5.74) is 0. The van der Waals surface area contributed by atoms with Crippen LogP contribution in [0.2, 0.25) is 0 Å². The average Bonchev–Trinajstić information content (AvgIpc) is 2.67. The number of hydrogen-bond donors (Lipinski definition) is 0. The highest BCUT2D eigenvalue weighted by Gasteiger charge is 2.27. The monoisotopic (exact) mass is 258 g/mol. The Labute approximate surface area is 99.3 Å². The van der Waals surface area contributed by atoms with Crippen LogP contribution in [0.1, 0.15) is 38.5 Å². The van der Waals surface area contributed by atoms with Crippen molar-refractivity contribution >= 4 is 11.6 Å². The van der Waals surface area contributed by atoms with Crippen molar-refractivity contribution in [2.24, 2.45) is 5.92 Å². The molecule has 0 saturated heterocycles. The van der Waals surface area contributed by atoms with Gasteiger partial charge < -0.3 is 4.74 Å². The van der Waals surface area contributed by atoms with Gasteiger partial charge in [-0.05, 0) is 31.6 Å². The Balaban J connectivity index is 1.98. The van der Waals surface area contributed by atoms with E-state index in [4.69, 9.17) is 11.6 Å². The molecular weight excluding hydrogens is 241 g/mol. The van der Waals surface area contributed by atoms with Crippen LogP contribution in [0.3, 0.4) is 0 Å². The fourth-order valence-electron chi connectivity index (χ4n) is 2.12. The molecule has 0 aromatic heterocycles. The van der Waals surface area contributed by atoms with Gasteiger partial charge in [0.1, 0.15) is 6.61 Å². The Bertz CT molecular complexity index is 190. The Morgan fingerprint density at radius 3 is 2.44 bits per heavy atom. The molecule has 5 heteroatoms. The summed E-state index contributed by atoms with van der Waals surface area (Å²) >= 11 is 6.18. The third-order valence-corrected chi connectivity index (χ3v) is 3.52. The maximum atomic E-state index is 11.7. The molecule has 1 atom stereocenters. The molecule has 0 bridgehead atoms. The molecule has 1 nitrogen and oxygen atoms in total. The van der Waals surface area contributed by atoms with Gasteiger partial charge in [0.15, 0.2) is 0 Å². The number of alkyl halides is 4. The first-order chi connectivity index (χ1) is 7.49. The highest BCUT2D eigenvalue weighted by atomic mass is 35.5. The largest absolute Gasteiger partial charge is 0.411 e. The van der Waals surface area contributed by atoms with Crippen LogP contribution < -0.4 is 0 Å². The van der Waals surface area contributed by atoms with Crippen molar-refractivity contribution in [2.75, 3.05) is 13.2 Å². The smallest absolute Gasteiger partial charge is 0.372 e. The van der Waals surface area contributed by atoms with E-state index in [1.54, 1.807) is 0 Å². The molecule has 0 heterocycles. The number of hydrogen-bond acceptors (Lipinski definition) is 1. The van der Waals surface area contributed by atoms with Crippen LogP contribution in [0.4, 0.5) is 13.2 Å². The molecule has 1 fully saturated rings. The number of halogens is 4. The molecule has 96 valence electrons. The molecule has 0 amide bonds. The minimum Gasteiger partial charge on any atom is -0.372 e. The molecule has 16 heavy (non-hydrogen) atoms. The van der Waals surface area contributed by atoms with Gasteiger partial charge in [0.2, 0.25) is 0 Å². The highest BCUT2D eigenvalue weighted by Crippen LogP contribution is 2.32. The summed E-state index contributed by atoms with van der Waals surface area (Å²) in [6, 6.07) is 0. The highest BCUT2D eigenvalue weighted by molar-refractivity contribution is 6.20. The molecule has 0 spiro atoms. The van der Waals surface area contributed by atoms with Gasteiger partial charge in [-0.15, -0.1) is 11.6 Å². The van der Waals surface area contributed by atoms with E-state index in [9.17, 15) is 13.2 Å². The Morgan fingerprint density at radius 2 is 1.88 bits per heavy atom. The van der Waals surface area contributed by atoms with Crippen molar-refractivity contribution in [3.63, 3.8) is 0 Å². The molecule has 0 radical (unpaired) electrons. The summed E-state index contributed by atoms with van der Waals surface area (Å²) in [5, 5.41) is 0.108. The lowest BCUT2D eigenvalue weighted by Gasteiger charge is -2.16. The van der Waals surface area contributed by atoms with E-state index in [-0.39, 0.29) is 12.0 Å². The van der Waals surface area contributed by atoms with Crippen molar-refractivity contribution in [3.05, 3.63) is 0 Å². The van der Waals surface area contributed by atoms with E-state index >= 15 is 0 Å². The van der Waals surface area contributed by atoms with Gasteiger partial charge in [-0.2, -0.15) is 13.2 Å². The van der Waals surface area contributed by atoms with E-state index in [1.807, 2.05) is 0 Å². The second-order valence-electron chi connectivity index (χ2n) is 4.37. The van der Waals surface area contributed by atoms with Crippen molar-refractivity contribution < 1.29 is 17.9 Å². The van der Waals surface area contributed by atoms with E-state index in [0.29, 0.717) is 12.3 Å².